The zero-order chi connectivity index (χ0) is 22.4. The third-order valence-corrected chi connectivity index (χ3v) is 4.98. The molecule has 2 N–H and O–H groups in total. The zero-order valence-corrected chi connectivity index (χ0v) is 17.3. The summed E-state index contributed by atoms with van der Waals surface area (Å²) in [5, 5.41) is 12.9. The van der Waals surface area contributed by atoms with Crippen molar-refractivity contribution in [1.29, 1.82) is 0 Å². The minimum atomic E-state index is -1.48. The molecule has 0 aromatic heterocycles. The Morgan fingerprint density at radius 3 is 2.61 bits per heavy atom. The van der Waals surface area contributed by atoms with Crippen LogP contribution in [0.1, 0.15) is 26.3 Å². The number of amides is 1. The summed E-state index contributed by atoms with van der Waals surface area (Å²) in [4.78, 5) is 36.1. The van der Waals surface area contributed by atoms with E-state index in [4.69, 9.17) is 14.1 Å². The Bertz CT molecular complexity index is 976. The Kier molecular flexibility index (Phi) is 7.53. The van der Waals surface area contributed by atoms with E-state index in [9.17, 15) is 23.8 Å². The second kappa shape index (κ2) is 10.3. The molecule has 0 radical (unpaired) electrons. The lowest BCUT2D eigenvalue weighted by atomic mass is 9.72. The number of hydrogen-bond donors (Lipinski definition) is 2. The minimum absolute atomic E-state index is 0.125. The maximum atomic E-state index is 14.4. The Morgan fingerprint density at radius 2 is 1.90 bits per heavy atom. The molecule has 8 nitrogen and oxygen atoms in total. The topological polar surface area (TPSA) is 111 Å². The molecule has 1 aliphatic heterocycles. The minimum Gasteiger partial charge on any atom is -0.534 e. The summed E-state index contributed by atoms with van der Waals surface area (Å²) in [6, 6.07) is 10.5. The largest absolute Gasteiger partial charge is 0.547 e. The predicted molar refractivity (Wildman–Crippen MR) is 111 cm³/mol. The van der Waals surface area contributed by atoms with Gasteiger partial charge in [0, 0.05) is 0 Å². The van der Waals surface area contributed by atoms with Crippen LogP contribution < -0.4 is 9.97 Å². The van der Waals surface area contributed by atoms with Crippen LogP contribution in [0.25, 0.3) is 0 Å². The second-order valence-corrected chi connectivity index (χ2v) is 7.44. The first-order valence-corrected chi connectivity index (χ1v) is 10.6. The number of hydrogen-bond acceptors (Lipinski definition) is 8. The molecule has 1 aliphatic rings. The van der Waals surface area contributed by atoms with Gasteiger partial charge in [0.1, 0.15) is 17.1 Å². The molecule has 162 valence electrons. The molecule has 0 bridgehead atoms. The molecule has 31 heavy (non-hydrogen) atoms. The van der Waals surface area contributed by atoms with E-state index in [2.05, 4.69) is 5.32 Å². The Hall–Kier alpha value is -3.05. The van der Waals surface area contributed by atoms with E-state index in [-0.39, 0.29) is 29.4 Å². The van der Waals surface area contributed by atoms with Crippen LogP contribution in [0.4, 0.5) is 4.39 Å². The first kappa shape index (κ1) is 22.6. The number of fused-ring (bicyclic) bond motifs is 1. The maximum absolute atomic E-state index is 14.4. The molecule has 1 atom stereocenters. The highest BCUT2D eigenvalue weighted by Crippen LogP contribution is 2.32. The van der Waals surface area contributed by atoms with Crippen molar-refractivity contribution < 1.29 is 37.9 Å². The predicted octanol–water partition coefficient (Wildman–Crippen LogP) is 1.60. The molecule has 1 amide bonds. The van der Waals surface area contributed by atoms with Crippen molar-refractivity contribution in [3.05, 3.63) is 65.0 Å². The zero-order valence-electron chi connectivity index (χ0n) is 16.5. The molecule has 1 heterocycles. The molecule has 2 aromatic carbocycles. The van der Waals surface area contributed by atoms with Gasteiger partial charge in [0.2, 0.25) is 12.7 Å². The number of halogens is 1. The highest BCUT2D eigenvalue weighted by atomic mass is 32.2. The van der Waals surface area contributed by atoms with Crippen molar-refractivity contribution in [2.45, 2.75) is 12.4 Å². The van der Waals surface area contributed by atoms with Gasteiger partial charge in [-0.3, -0.25) is 4.79 Å². The van der Waals surface area contributed by atoms with Crippen LogP contribution in [0.3, 0.4) is 0 Å². The lowest BCUT2D eigenvalue weighted by molar-refractivity contribution is -0.119. The van der Waals surface area contributed by atoms with Gasteiger partial charge in [0.15, 0.2) is 0 Å². The van der Waals surface area contributed by atoms with E-state index in [1.165, 1.54) is 30.0 Å². The summed E-state index contributed by atoms with van der Waals surface area (Å²) >= 11 is 1.32. The number of rotatable bonds is 7. The standard InChI is InChI=1S/C20H19BFNO7S/c1-31-10-16(24)23-15-9-13-7-8-14(22)17(18(13)30-21(15)27)20(26)29-11-28-19(25)12-5-3-2-4-6-12/h2-8,15,27H,9-11H2,1H3,(H,23,24). The fourth-order valence-corrected chi connectivity index (χ4v) is 3.34. The number of ether oxygens (including phenoxy) is 2. The second-order valence-electron chi connectivity index (χ2n) is 6.58. The van der Waals surface area contributed by atoms with Gasteiger partial charge in [-0.2, -0.15) is 11.8 Å². The fourth-order valence-electron chi connectivity index (χ4n) is 3.00. The van der Waals surface area contributed by atoms with Crippen molar-refractivity contribution in [3.63, 3.8) is 0 Å². The normalized spacial score (nSPS) is 14.8. The van der Waals surface area contributed by atoms with Crippen LogP contribution in [0.5, 0.6) is 5.75 Å². The molecular formula is C20H19BFNO7S. The number of benzene rings is 2. The third-order valence-electron chi connectivity index (χ3n) is 4.43. The van der Waals surface area contributed by atoms with Gasteiger partial charge in [0.25, 0.3) is 0 Å². The van der Waals surface area contributed by atoms with Crippen molar-refractivity contribution in [1.82, 2.24) is 5.32 Å². The summed E-state index contributed by atoms with van der Waals surface area (Å²) in [7, 11) is -1.48. The number of esters is 2. The van der Waals surface area contributed by atoms with E-state index < -0.39 is 43.2 Å². The molecular weight excluding hydrogens is 428 g/mol. The van der Waals surface area contributed by atoms with Gasteiger partial charge < -0.3 is 24.5 Å². The molecule has 0 fully saturated rings. The SMILES string of the molecule is CSCC(=O)NC1Cc2ccc(F)c(C(=O)OCOC(=O)c3ccccc3)c2OB1O. The van der Waals surface area contributed by atoms with Gasteiger partial charge in [-0.15, -0.1) is 0 Å². The van der Waals surface area contributed by atoms with Gasteiger partial charge in [-0.1, -0.05) is 24.3 Å². The summed E-state index contributed by atoms with van der Waals surface area (Å²) < 4.78 is 29.4. The number of carbonyl (C=O) groups excluding carboxylic acids is 3. The average molecular weight is 447 g/mol. The molecule has 2 aromatic rings. The van der Waals surface area contributed by atoms with Gasteiger partial charge in [0.05, 0.1) is 17.3 Å². The maximum Gasteiger partial charge on any atom is 0.547 e. The van der Waals surface area contributed by atoms with Gasteiger partial charge in [-0.05, 0) is 36.4 Å². The molecule has 0 aliphatic carbocycles. The Labute approximate surface area is 182 Å². The van der Waals surface area contributed by atoms with Crippen molar-refractivity contribution >= 4 is 36.7 Å². The average Bonchev–Trinajstić information content (AvgIpc) is 2.75. The molecule has 0 spiro atoms. The molecule has 11 heteroatoms. The summed E-state index contributed by atoms with van der Waals surface area (Å²) in [5.41, 5.74) is 0.151. The van der Waals surface area contributed by atoms with Crippen LogP contribution in [0.15, 0.2) is 42.5 Å². The van der Waals surface area contributed by atoms with Crippen molar-refractivity contribution in [2.24, 2.45) is 0 Å². The van der Waals surface area contributed by atoms with E-state index in [1.807, 2.05) is 0 Å². The summed E-state index contributed by atoms with van der Waals surface area (Å²) in [6.07, 6.45) is 1.89. The smallest absolute Gasteiger partial charge is 0.534 e. The molecule has 0 saturated heterocycles. The lowest BCUT2D eigenvalue weighted by Crippen LogP contribution is -2.53. The molecule has 1 unspecified atom stereocenters. The summed E-state index contributed by atoms with van der Waals surface area (Å²) in [5.74, 6) is -3.76. The Morgan fingerprint density at radius 1 is 1.19 bits per heavy atom. The highest BCUT2D eigenvalue weighted by molar-refractivity contribution is 7.99. The quantitative estimate of drug-likeness (QED) is 0.374. The lowest BCUT2D eigenvalue weighted by Gasteiger charge is -2.29. The van der Waals surface area contributed by atoms with Gasteiger partial charge >= 0.3 is 19.1 Å². The summed E-state index contributed by atoms with van der Waals surface area (Å²) in [6.45, 7) is -0.731. The van der Waals surface area contributed by atoms with Crippen LogP contribution in [0.2, 0.25) is 0 Å². The van der Waals surface area contributed by atoms with Crippen LogP contribution in [-0.2, 0) is 20.7 Å². The first-order chi connectivity index (χ1) is 14.9. The fraction of sp³-hybridized carbons (Fsp3) is 0.250. The number of thioether (sulfide) groups is 1. The molecule has 0 saturated carbocycles. The van der Waals surface area contributed by atoms with Crippen LogP contribution in [-0.4, -0.2) is 54.7 Å². The van der Waals surface area contributed by atoms with E-state index in [1.54, 1.807) is 24.5 Å². The van der Waals surface area contributed by atoms with E-state index in [0.717, 1.165) is 6.07 Å². The van der Waals surface area contributed by atoms with E-state index >= 15 is 0 Å². The van der Waals surface area contributed by atoms with Crippen LogP contribution >= 0.6 is 11.8 Å². The van der Waals surface area contributed by atoms with Crippen molar-refractivity contribution in [3.8, 4) is 5.75 Å². The third kappa shape index (κ3) is 5.56. The Balaban J connectivity index is 1.67. The monoisotopic (exact) mass is 447 g/mol. The molecule has 3 rings (SSSR count). The number of carbonyl (C=O) groups is 3. The van der Waals surface area contributed by atoms with Crippen LogP contribution in [0, 0.1) is 5.82 Å². The van der Waals surface area contributed by atoms with Crippen molar-refractivity contribution in [2.75, 3.05) is 18.8 Å². The highest BCUT2D eigenvalue weighted by Gasteiger charge is 2.39. The first-order valence-electron chi connectivity index (χ1n) is 9.24. The van der Waals surface area contributed by atoms with E-state index in [0.29, 0.717) is 5.56 Å². The number of nitrogens with one attached hydrogen (secondary N) is 1. The van der Waals surface area contributed by atoms with Gasteiger partial charge in [-0.25, -0.2) is 14.0 Å².